The highest BCUT2D eigenvalue weighted by molar-refractivity contribution is 5.97. The van der Waals surface area contributed by atoms with E-state index in [9.17, 15) is 4.79 Å². The van der Waals surface area contributed by atoms with E-state index in [4.69, 9.17) is 4.98 Å². The van der Waals surface area contributed by atoms with Crippen molar-refractivity contribution < 1.29 is 4.79 Å². The summed E-state index contributed by atoms with van der Waals surface area (Å²) in [6.45, 7) is 3.40. The fourth-order valence-corrected chi connectivity index (χ4v) is 4.58. The van der Waals surface area contributed by atoms with Crippen molar-refractivity contribution >= 4 is 28.5 Å². The van der Waals surface area contributed by atoms with Crippen LogP contribution in [0.4, 0.5) is 11.6 Å². The number of pyridine rings is 1. The maximum absolute atomic E-state index is 12.5. The van der Waals surface area contributed by atoms with E-state index in [2.05, 4.69) is 54.0 Å². The van der Waals surface area contributed by atoms with Crippen LogP contribution in [0.3, 0.4) is 0 Å². The molecule has 37 heavy (non-hydrogen) atoms. The van der Waals surface area contributed by atoms with Gasteiger partial charge in [-0.25, -0.2) is 9.97 Å². The number of fused-ring (bicyclic) bond motifs is 1. The van der Waals surface area contributed by atoms with Crippen LogP contribution in [0.15, 0.2) is 91.8 Å². The molecule has 0 bridgehead atoms. The molecule has 0 saturated carbocycles. The SMILES string of the molecule is O=C(Cc1ccc(-c2ccc3ncc(N4CCN(c5cnccn5)CC4)nc3c2)cc1)c1cccnc1. The van der Waals surface area contributed by atoms with E-state index >= 15 is 0 Å². The van der Waals surface area contributed by atoms with Gasteiger partial charge in [0.2, 0.25) is 0 Å². The van der Waals surface area contributed by atoms with Crippen molar-refractivity contribution in [2.75, 3.05) is 36.0 Å². The fourth-order valence-electron chi connectivity index (χ4n) is 4.58. The van der Waals surface area contributed by atoms with Gasteiger partial charge >= 0.3 is 0 Å². The second-order valence-electron chi connectivity index (χ2n) is 9.01. The van der Waals surface area contributed by atoms with Gasteiger partial charge in [-0.1, -0.05) is 30.3 Å². The summed E-state index contributed by atoms with van der Waals surface area (Å²) in [5.41, 5.74) is 5.47. The van der Waals surface area contributed by atoms with Gasteiger partial charge < -0.3 is 9.80 Å². The second kappa shape index (κ2) is 10.1. The zero-order valence-electron chi connectivity index (χ0n) is 20.2. The molecule has 8 nitrogen and oxygen atoms in total. The molecule has 1 saturated heterocycles. The molecule has 0 radical (unpaired) electrons. The van der Waals surface area contributed by atoms with Crippen molar-refractivity contribution in [1.82, 2.24) is 24.9 Å². The smallest absolute Gasteiger partial charge is 0.168 e. The molecular formula is C29H25N7O. The number of anilines is 2. The summed E-state index contributed by atoms with van der Waals surface area (Å²) in [6, 6.07) is 17.8. The van der Waals surface area contributed by atoms with Crippen molar-refractivity contribution in [1.29, 1.82) is 0 Å². The molecule has 2 aromatic carbocycles. The van der Waals surface area contributed by atoms with E-state index < -0.39 is 0 Å². The van der Waals surface area contributed by atoms with E-state index in [0.29, 0.717) is 12.0 Å². The lowest BCUT2D eigenvalue weighted by Gasteiger charge is -2.35. The molecule has 3 aromatic heterocycles. The van der Waals surface area contributed by atoms with Crippen molar-refractivity contribution in [3.8, 4) is 11.1 Å². The van der Waals surface area contributed by atoms with Gasteiger partial charge in [0.15, 0.2) is 5.78 Å². The lowest BCUT2D eigenvalue weighted by Crippen LogP contribution is -2.47. The maximum Gasteiger partial charge on any atom is 0.168 e. The Balaban J connectivity index is 1.16. The Bertz CT molecular complexity index is 1520. The second-order valence-corrected chi connectivity index (χ2v) is 9.01. The Hall–Kier alpha value is -4.72. The van der Waals surface area contributed by atoms with Gasteiger partial charge in [0.1, 0.15) is 11.6 Å². The zero-order chi connectivity index (χ0) is 25.0. The van der Waals surface area contributed by atoms with E-state index in [1.807, 2.05) is 24.4 Å². The molecule has 0 spiro atoms. The van der Waals surface area contributed by atoms with Gasteiger partial charge in [-0.15, -0.1) is 0 Å². The van der Waals surface area contributed by atoms with Gasteiger partial charge in [0.25, 0.3) is 0 Å². The van der Waals surface area contributed by atoms with Crippen molar-refractivity contribution in [3.63, 3.8) is 0 Å². The van der Waals surface area contributed by atoms with Crippen LogP contribution in [0.1, 0.15) is 15.9 Å². The number of hydrogen-bond acceptors (Lipinski definition) is 8. The Kier molecular flexibility index (Phi) is 6.21. The summed E-state index contributed by atoms with van der Waals surface area (Å²) >= 11 is 0. The summed E-state index contributed by atoms with van der Waals surface area (Å²) in [5, 5.41) is 0. The Labute approximate surface area is 214 Å². The lowest BCUT2D eigenvalue weighted by molar-refractivity contribution is 0.0992. The third kappa shape index (κ3) is 4.99. The largest absolute Gasteiger partial charge is 0.352 e. The highest BCUT2D eigenvalue weighted by Crippen LogP contribution is 2.25. The van der Waals surface area contributed by atoms with E-state index in [0.717, 1.165) is 65.5 Å². The zero-order valence-corrected chi connectivity index (χ0v) is 20.2. The first-order chi connectivity index (χ1) is 18.2. The summed E-state index contributed by atoms with van der Waals surface area (Å²) in [5.74, 6) is 1.85. The van der Waals surface area contributed by atoms with Crippen molar-refractivity contribution in [2.24, 2.45) is 0 Å². The fraction of sp³-hybridized carbons (Fsp3) is 0.172. The number of ketones is 1. The molecule has 8 heteroatoms. The Morgan fingerprint density at radius 1 is 0.703 bits per heavy atom. The van der Waals surface area contributed by atoms with Gasteiger partial charge in [-0.05, 0) is 41.0 Å². The van der Waals surface area contributed by atoms with Crippen LogP contribution in [0.25, 0.3) is 22.2 Å². The first kappa shape index (κ1) is 22.7. The van der Waals surface area contributed by atoms with Crippen LogP contribution in [-0.2, 0) is 6.42 Å². The standard InChI is InChI=1S/C29H25N7O/c37-27(24-2-1-9-30-18-24)16-21-3-5-22(6-4-21)23-7-8-25-26(17-23)34-29(20-33-25)36-14-12-35(13-15-36)28-19-31-10-11-32-28/h1-11,17-20H,12-16H2. The quantitative estimate of drug-likeness (QED) is 0.329. The molecule has 0 amide bonds. The molecule has 1 aliphatic rings. The number of aromatic nitrogens is 5. The molecule has 0 atom stereocenters. The van der Waals surface area contributed by atoms with Gasteiger partial charge in [-0.2, -0.15) is 0 Å². The van der Waals surface area contributed by atoms with Crippen LogP contribution in [0.2, 0.25) is 0 Å². The first-order valence-corrected chi connectivity index (χ1v) is 12.3. The lowest BCUT2D eigenvalue weighted by atomic mass is 10.00. The Morgan fingerprint density at radius 3 is 2.19 bits per heavy atom. The van der Waals surface area contributed by atoms with Crippen LogP contribution < -0.4 is 9.80 Å². The number of carbonyl (C=O) groups excluding carboxylic acids is 1. The summed E-state index contributed by atoms with van der Waals surface area (Å²) in [4.78, 5) is 39.2. The average Bonchev–Trinajstić information content (AvgIpc) is 2.98. The van der Waals surface area contributed by atoms with Crippen LogP contribution in [-0.4, -0.2) is 56.9 Å². The number of carbonyl (C=O) groups is 1. The third-order valence-electron chi connectivity index (χ3n) is 6.64. The van der Waals surface area contributed by atoms with Crippen molar-refractivity contribution in [3.05, 3.63) is 103 Å². The molecule has 1 aliphatic heterocycles. The van der Waals surface area contributed by atoms with Gasteiger partial charge in [0, 0.05) is 63.0 Å². The van der Waals surface area contributed by atoms with Crippen LogP contribution in [0.5, 0.6) is 0 Å². The number of Topliss-reactive ketones (excluding diaryl/α,β-unsaturated/α-hetero) is 1. The molecule has 0 unspecified atom stereocenters. The topological polar surface area (TPSA) is 88.0 Å². The van der Waals surface area contributed by atoms with Crippen LogP contribution >= 0.6 is 0 Å². The molecule has 0 aliphatic carbocycles. The molecule has 5 aromatic rings. The predicted octanol–water partition coefficient (Wildman–Crippen LogP) is 4.23. The number of benzene rings is 2. The summed E-state index contributed by atoms with van der Waals surface area (Å²) in [7, 11) is 0. The Morgan fingerprint density at radius 2 is 1.46 bits per heavy atom. The highest BCUT2D eigenvalue weighted by Gasteiger charge is 2.20. The molecule has 6 rings (SSSR count). The minimum absolute atomic E-state index is 0.0619. The molecular weight excluding hydrogens is 462 g/mol. The number of nitrogens with zero attached hydrogens (tertiary/aromatic N) is 7. The highest BCUT2D eigenvalue weighted by atomic mass is 16.1. The number of hydrogen-bond donors (Lipinski definition) is 0. The molecule has 1 fully saturated rings. The first-order valence-electron chi connectivity index (χ1n) is 12.3. The molecule has 182 valence electrons. The van der Waals surface area contributed by atoms with Gasteiger partial charge in [-0.3, -0.25) is 19.7 Å². The maximum atomic E-state index is 12.5. The summed E-state index contributed by atoms with van der Waals surface area (Å²) < 4.78 is 0. The predicted molar refractivity (Wildman–Crippen MR) is 144 cm³/mol. The average molecular weight is 488 g/mol. The minimum Gasteiger partial charge on any atom is -0.352 e. The van der Waals surface area contributed by atoms with E-state index in [1.165, 1.54) is 0 Å². The van der Waals surface area contributed by atoms with E-state index in [-0.39, 0.29) is 5.78 Å². The number of rotatable bonds is 6. The normalized spacial score (nSPS) is 13.6. The van der Waals surface area contributed by atoms with Crippen molar-refractivity contribution in [2.45, 2.75) is 6.42 Å². The monoisotopic (exact) mass is 487 g/mol. The minimum atomic E-state index is 0.0619. The summed E-state index contributed by atoms with van der Waals surface area (Å²) in [6.07, 6.45) is 10.7. The molecule has 0 N–H and O–H groups in total. The number of piperazine rings is 1. The van der Waals surface area contributed by atoms with Crippen LogP contribution in [0, 0.1) is 0 Å². The van der Waals surface area contributed by atoms with Gasteiger partial charge in [0.05, 0.1) is 23.4 Å². The molecule has 4 heterocycles. The third-order valence-corrected chi connectivity index (χ3v) is 6.64. The van der Waals surface area contributed by atoms with E-state index in [1.54, 1.807) is 43.1 Å².